The highest BCUT2D eigenvalue weighted by atomic mass is 33.1. The van der Waals surface area contributed by atoms with Crippen LogP contribution in [0.3, 0.4) is 0 Å². The zero-order valence-electron chi connectivity index (χ0n) is 8.05. The molecule has 0 saturated carbocycles. The third kappa shape index (κ3) is 6.56. The Balaban J connectivity index is 3.67. The summed E-state index contributed by atoms with van der Waals surface area (Å²) in [5, 5.41) is 0. The van der Waals surface area contributed by atoms with E-state index in [2.05, 4.69) is 0 Å². The fourth-order valence-electron chi connectivity index (χ4n) is 0.504. The van der Waals surface area contributed by atoms with E-state index in [4.69, 9.17) is 6.11 Å². The van der Waals surface area contributed by atoms with Gasteiger partial charge in [0.05, 0.1) is 4.75 Å². The summed E-state index contributed by atoms with van der Waals surface area (Å²) in [6.45, 7) is 4.09. The molecular weight excluding hydrogens is 180 g/mol. The monoisotopic (exact) mass is 195 g/mol. The van der Waals surface area contributed by atoms with Crippen molar-refractivity contribution < 1.29 is 10.9 Å². The number of hydrogen-bond acceptors (Lipinski definition) is 4. The van der Waals surface area contributed by atoms with Gasteiger partial charge in [0.1, 0.15) is 6.61 Å². The Labute approximate surface area is 77.3 Å². The Bertz CT molecular complexity index is 150. The summed E-state index contributed by atoms with van der Waals surface area (Å²) in [5.41, 5.74) is 0. The maximum absolute atomic E-state index is 10.6. The Morgan fingerprint density at radius 3 is 2.82 bits per heavy atom. The molecule has 0 aliphatic heterocycles. The molecule has 0 atom stereocenters. The van der Waals surface area contributed by atoms with E-state index < -0.39 is 5.97 Å². The van der Waals surface area contributed by atoms with Crippen LogP contribution in [0.1, 0.15) is 22.1 Å². The van der Waals surface area contributed by atoms with Gasteiger partial charge in [0.2, 0.25) is 0 Å². The Kier molecular flexibility index (Phi) is 4.15. The van der Waals surface area contributed by atoms with E-state index in [1.807, 2.05) is 20.1 Å². The largest absolute Gasteiger partial charge is 0.464 e. The number of carbonyl (C=O) groups excluding carboxylic acids is 1. The van der Waals surface area contributed by atoms with Crippen molar-refractivity contribution in [2.75, 3.05) is 12.9 Å². The maximum atomic E-state index is 10.6. The lowest BCUT2D eigenvalue weighted by Gasteiger charge is -2.21. The van der Waals surface area contributed by atoms with Crippen molar-refractivity contribution in [3.8, 4) is 0 Å². The zero-order valence-corrected chi connectivity index (χ0v) is 8.68. The Hall–Kier alpha value is 0.170. The zero-order chi connectivity index (χ0) is 9.61. The molecule has 0 heterocycles. The minimum atomic E-state index is -0.454. The van der Waals surface area contributed by atoms with E-state index in [9.17, 15) is 4.79 Å². The molecule has 0 amide bonds. The van der Waals surface area contributed by atoms with Crippen molar-refractivity contribution in [1.29, 1.82) is 0 Å². The third-order valence-corrected chi connectivity index (χ3v) is 3.48. The van der Waals surface area contributed by atoms with Crippen LogP contribution in [-0.2, 0) is 9.53 Å². The first-order valence-corrected chi connectivity index (χ1v) is 5.74. The Morgan fingerprint density at radius 1 is 1.73 bits per heavy atom. The minimum Gasteiger partial charge on any atom is -0.464 e. The smallest absolute Gasteiger partial charge is 0.302 e. The van der Waals surface area contributed by atoms with E-state index in [1.165, 1.54) is 0 Å². The summed E-state index contributed by atoms with van der Waals surface area (Å²) >= 11 is 0. The first kappa shape index (κ1) is 9.26. The van der Waals surface area contributed by atoms with Crippen LogP contribution >= 0.6 is 21.6 Å². The molecule has 0 fully saturated rings. The summed E-state index contributed by atoms with van der Waals surface area (Å²) in [7, 11) is 3.31. The molecule has 0 radical (unpaired) electrons. The van der Waals surface area contributed by atoms with Gasteiger partial charge in [-0.25, -0.2) is 0 Å². The fourth-order valence-corrected chi connectivity index (χ4v) is 2.56. The van der Waals surface area contributed by atoms with Crippen LogP contribution < -0.4 is 0 Å². The molecule has 2 nitrogen and oxygen atoms in total. The SMILES string of the molecule is [2H]CC(=O)OCC(C)(C)SSC. The fraction of sp³-hybridized carbons (Fsp3) is 0.857. The quantitative estimate of drug-likeness (QED) is 0.508. The van der Waals surface area contributed by atoms with Gasteiger partial charge in [0.15, 0.2) is 0 Å². The molecule has 0 aliphatic carbocycles. The summed E-state index contributed by atoms with van der Waals surface area (Å²) in [5.74, 6) is -0.454. The van der Waals surface area contributed by atoms with Gasteiger partial charge in [-0.15, -0.1) is 0 Å². The highest BCUT2D eigenvalue weighted by molar-refractivity contribution is 8.76. The van der Waals surface area contributed by atoms with Gasteiger partial charge in [0.25, 0.3) is 0 Å². The molecule has 0 spiro atoms. The molecule has 0 aromatic rings. The molecule has 0 aromatic carbocycles. The van der Waals surface area contributed by atoms with Gasteiger partial charge in [-0.3, -0.25) is 4.79 Å². The van der Waals surface area contributed by atoms with E-state index in [1.54, 1.807) is 21.6 Å². The molecule has 0 saturated heterocycles. The van der Waals surface area contributed by atoms with E-state index in [0.717, 1.165) is 0 Å². The molecular formula is C7H14O2S2. The molecule has 0 aromatic heterocycles. The predicted octanol–water partition coefficient (Wildman–Crippen LogP) is 2.34. The standard InChI is InChI=1S/C7H14O2S2/c1-6(8)9-5-7(2,3)11-10-4/h5H2,1-4H3/i1D. The minimum absolute atomic E-state index is 0.0652. The lowest BCUT2D eigenvalue weighted by atomic mass is 10.2. The van der Waals surface area contributed by atoms with Gasteiger partial charge in [0, 0.05) is 8.27 Å². The van der Waals surface area contributed by atoms with Crippen LogP contribution in [0.25, 0.3) is 0 Å². The average Bonchev–Trinajstić information content (AvgIpc) is 2.00. The number of rotatable bonds is 4. The number of esters is 1. The van der Waals surface area contributed by atoms with Crippen molar-refractivity contribution in [3.05, 3.63) is 0 Å². The molecule has 0 unspecified atom stereocenters. The summed E-state index contributed by atoms with van der Waals surface area (Å²) < 4.78 is 11.5. The molecule has 0 N–H and O–H groups in total. The summed E-state index contributed by atoms with van der Waals surface area (Å²) in [6.07, 6.45) is 1.98. The molecule has 0 rings (SSSR count). The Morgan fingerprint density at radius 2 is 2.36 bits per heavy atom. The maximum Gasteiger partial charge on any atom is 0.302 e. The van der Waals surface area contributed by atoms with Crippen LogP contribution in [0.2, 0.25) is 0 Å². The van der Waals surface area contributed by atoms with Crippen LogP contribution in [0.15, 0.2) is 0 Å². The number of hydrogen-bond donors (Lipinski definition) is 0. The molecule has 66 valence electrons. The number of carbonyl (C=O) groups is 1. The van der Waals surface area contributed by atoms with Gasteiger partial charge in [-0.2, -0.15) is 0 Å². The summed E-state index contributed by atoms with van der Waals surface area (Å²) in [4.78, 5) is 10.6. The lowest BCUT2D eigenvalue weighted by Crippen LogP contribution is -2.23. The predicted molar refractivity (Wildman–Crippen MR) is 51.8 cm³/mol. The normalized spacial score (nSPS) is 12.5. The van der Waals surface area contributed by atoms with Gasteiger partial charge < -0.3 is 4.74 Å². The lowest BCUT2D eigenvalue weighted by molar-refractivity contribution is -0.141. The van der Waals surface area contributed by atoms with Crippen molar-refractivity contribution in [2.45, 2.75) is 25.5 Å². The van der Waals surface area contributed by atoms with Gasteiger partial charge >= 0.3 is 5.97 Å². The van der Waals surface area contributed by atoms with Gasteiger partial charge in [-0.1, -0.05) is 21.6 Å². The third-order valence-electron chi connectivity index (χ3n) is 0.890. The van der Waals surface area contributed by atoms with Crippen LogP contribution in [0, 0.1) is 0 Å². The van der Waals surface area contributed by atoms with Gasteiger partial charge in [-0.05, 0) is 20.1 Å². The highest BCUT2D eigenvalue weighted by Gasteiger charge is 2.19. The van der Waals surface area contributed by atoms with Crippen molar-refractivity contribution in [3.63, 3.8) is 0 Å². The first-order valence-electron chi connectivity index (χ1n) is 3.89. The van der Waals surface area contributed by atoms with E-state index >= 15 is 0 Å². The van der Waals surface area contributed by atoms with E-state index in [-0.39, 0.29) is 11.6 Å². The molecule has 0 aliphatic rings. The second kappa shape index (κ2) is 4.93. The average molecular weight is 195 g/mol. The van der Waals surface area contributed by atoms with Crippen LogP contribution in [-0.4, -0.2) is 23.6 Å². The summed E-state index contributed by atoms with van der Waals surface area (Å²) in [6, 6.07) is 0. The topological polar surface area (TPSA) is 26.3 Å². The van der Waals surface area contributed by atoms with Crippen molar-refractivity contribution in [2.24, 2.45) is 0 Å². The molecule has 11 heavy (non-hydrogen) atoms. The molecule has 4 heteroatoms. The second-order valence-corrected chi connectivity index (χ2v) is 5.78. The van der Waals surface area contributed by atoms with E-state index in [0.29, 0.717) is 6.61 Å². The second-order valence-electron chi connectivity index (χ2n) is 2.67. The van der Waals surface area contributed by atoms with Crippen molar-refractivity contribution >= 4 is 27.6 Å². The van der Waals surface area contributed by atoms with Crippen molar-refractivity contribution in [1.82, 2.24) is 0 Å². The molecule has 0 bridgehead atoms. The van der Waals surface area contributed by atoms with Crippen LogP contribution in [0.4, 0.5) is 0 Å². The number of ether oxygens (including phenoxy) is 1. The highest BCUT2D eigenvalue weighted by Crippen LogP contribution is 2.33. The first-order chi connectivity index (χ1) is 5.52. The van der Waals surface area contributed by atoms with Crippen LogP contribution in [0.5, 0.6) is 0 Å².